The minimum atomic E-state index is 0.399. The largest absolute Gasteiger partial charge is 0.300 e. The number of hydrogen-bond acceptors (Lipinski definition) is 3. The maximum absolute atomic E-state index is 10.0. The number of allylic oxidation sites excluding steroid dienone is 6. The molecule has 1 aliphatic carbocycles. The number of nitrogens with one attached hydrogen (secondary N) is 1. The number of hydrogen-bond donors (Lipinski definition) is 2. The molecule has 0 bridgehead atoms. The number of nitrogens with zero attached hydrogens (tertiary/aromatic N) is 1. The van der Waals surface area contributed by atoms with Crippen LogP contribution in [0.4, 0.5) is 0 Å². The number of benzene rings is 1. The Morgan fingerprint density at radius 3 is 2.50 bits per heavy atom. The second-order valence-electron chi connectivity index (χ2n) is 4.18. The van der Waals surface area contributed by atoms with E-state index in [-0.39, 0.29) is 0 Å². The van der Waals surface area contributed by atoms with Crippen molar-refractivity contribution in [3.05, 3.63) is 70.3 Å². The van der Waals surface area contributed by atoms with E-state index in [9.17, 15) is 5.21 Å². The van der Waals surface area contributed by atoms with Crippen LogP contribution in [0.1, 0.15) is 0 Å². The molecule has 18 heavy (non-hydrogen) atoms. The molecular weight excluding hydrogens is 224 g/mol. The third kappa shape index (κ3) is 1.71. The molecule has 0 aromatic heterocycles. The maximum atomic E-state index is 10.0. The van der Waals surface area contributed by atoms with Crippen LogP contribution in [-0.4, -0.2) is 16.0 Å². The Morgan fingerprint density at radius 2 is 1.72 bits per heavy atom. The van der Waals surface area contributed by atoms with Crippen LogP contribution in [0.5, 0.6) is 0 Å². The van der Waals surface area contributed by atoms with Crippen molar-refractivity contribution in [3.63, 3.8) is 0 Å². The van der Waals surface area contributed by atoms with Gasteiger partial charge in [-0.1, -0.05) is 42.5 Å². The van der Waals surface area contributed by atoms with Crippen molar-refractivity contribution in [2.24, 2.45) is 0 Å². The molecule has 3 rings (SSSR count). The molecule has 0 spiro atoms. The lowest BCUT2D eigenvalue weighted by atomic mass is 10.0. The smallest absolute Gasteiger partial charge is 0.0786 e. The van der Waals surface area contributed by atoms with Crippen LogP contribution in [0.2, 0.25) is 0 Å². The van der Waals surface area contributed by atoms with Crippen LogP contribution < -0.4 is 10.4 Å². The monoisotopic (exact) mass is 236 g/mol. The van der Waals surface area contributed by atoms with Gasteiger partial charge in [0.05, 0.1) is 11.4 Å². The quantitative estimate of drug-likeness (QED) is 0.713. The molecule has 1 aromatic carbocycles. The van der Waals surface area contributed by atoms with E-state index >= 15 is 0 Å². The van der Waals surface area contributed by atoms with Crippen LogP contribution in [0.15, 0.2) is 59.8 Å². The normalized spacial score (nSPS) is 21.4. The van der Waals surface area contributed by atoms with E-state index in [1.54, 1.807) is 12.3 Å². The zero-order valence-corrected chi connectivity index (χ0v) is 9.67. The van der Waals surface area contributed by atoms with Crippen LogP contribution in [0.25, 0.3) is 12.3 Å². The van der Waals surface area contributed by atoms with Gasteiger partial charge in [0.2, 0.25) is 0 Å². The summed E-state index contributed by atoms with van der Waals surface area (Å²) < 4.78 is 0. The predicted octanol–water partition coefficient (Wildman–Crippen LogP) is 1.31. The Labute approximate surface area is 104 Å². The Bertz CT molecular complexity index is 723. The highest BCUT2D eigenvalue weighted by Gasteiger charge is 2.14. The second kappa shape index (κ2) is 4.13. The predicted molar refractivity (Wildman–Crippen MR) is 71.3 cm³/mol. The summed E-state index contributed by atoms with van der Waals surface area (Å²) in [7, 11) is 0. The van der Waals surface area contributed by atoms with Crippen LogP contribution in [0.3, 0.4) is 0 Å². The Morgan fingerprint density at radius 1 is 1.00 bits per heavy atom. The van der Waals surface area contributed by atoms with Gasteiger partial charge in [0.15, 0.2) is 0 Å². The molecule has 1 aromatic rings. The first-order valence-electron chi connectivity index (χ1n) is 5.70. The number of fused-ring (bicyclic) bond motifs is 1. The standard InChI is InChI=1S/C15H12N2O/c16-14-8-4-3-7-13(14)15-9-11-5-1-2-6-12(11)10-17(15)18/h1-10,16,18H/b15-13-,16-14?. The highest BCUT2D eigenvalue weighted by atomic mass is 16.5. The van der Waals surface area contributed by atoms with Gasteiger partial charge in [-0.25, -0.2) is 5.06 Å². The van der Waals surface area contributed by atoms with Crippen molar-refractivity contribution in [3.8, 4) is 0 Å². The molecule has 1 heterocycles. The summed E-state index contributed by atoms with van der Waals surface area (Å²) in [6, 6.07) is 7.82. The SMILES string of the molecule is N=C1C=CC=C/C1=C1\C=c2ccccc2=CN1O. The van der Waals surface area contributed by atoms with Crippen molar-refractivity contribution < 1.29 is 5.21 Å². The lowest BCUT2D eigenvalue weighted by Gasteiger charge is -2.20. The van der Waals surface area contributed by atoms with E-state index in [4.69, 9.17) is 5.41 Å². The molecule has 88 valence electrons. The summed E-state index contributed by atoms with van der Waals surface area (Å²) in [4.78, 5) is 0. The highest BCUT2D eigenvalue weighted by Crippen LogP contribution is 2.17. The van der Waals surface area contributed by atoms with Gasteiger partial charge in [-0.15, -0.1) is 0 Å². The molecule has 2 N–H and O–H groups in total. The Balaban J connectivity index is 2.25. The molecule has 0 radical (unpaired) electrons. The zero-order chi connectivity index (χ0) is 12.5. The van der Waals surface area contributed by atoms with Crippen molar-refractivity contribution >= 4 is 18.0 Å². The topological polar surface area (TPSA) is 47.3 Å². The van der Waals surface area contributed by atoms with Gasteiger partial charge >= 0.3 is 0 Å². The van der Waals surface area contributed by atoms with E-state index in [0.717, 1.165) is 15.5 Å². The summed E-state index contributed by atoms with van der Waals surface area (Å²) >= 11 is 0. The summed E-state index contributed by atoms with van der Waals surface area (Å²) in [5, 5.41) is 21.0. The number of rotatable bonds is 0. The molecule has 0 amide bonds. The summed E-state index contributed by atoms with van der Waals surface area (Å²) in [6.07, 6.45) is 10.8. The van der Waals surface area contributed by atoms with Gasteiger partial charge in [-0.2, -0.15) is 0 Å². The van der Waals surface area contributed by atoms with Gasteiger partial charge < -0.3 is 5.41 Å². The van der Waals surface area contributed by atoms with E-state index in [2.05, 4.69) is 0 Å². The third-order valence-corrected chi connectivity index (χ3v) is 3.00. The first-order valence-corrected chi connectivity index (χ1v) is 5.70. The van der Waals surface area contributed by atoms with E-state index < -0.39 is 0 Å². The minimum absolute atomic E-state index is 0.399. The van der Waals surface area contributed by atoms with Gasteiger partial charge in [-0.05, 0) is 17.4 Å². The van der Waals surface area contributed by atoms with Gasteiger partial charge in [0.1, 0.15) is 0 Å². The molecule has 3 heteroatoms. The van der Waals surface area contributed by atoms with Crippen molar-refractivity contribution in [2.45, 2.75) is 0 Å². The zero-order valence-electron chi connectivity index (χ0n) is 9.67. The van der Waals surface area contributed by atoms with Crippen LogP contribution in [-0.2, 0) is 0 Å². The highest BCUT2D eigenvalue weighted by molar-refractivity contribution is 6.10. The van der Waals surface area contributed by atoms with Crippen LogP contribution >= 0.6 is 0 Å². The van der Waals surface area contributed by atoms with Crippen LogP contribution in [0, 0.1) is 5.41 Å². The number of hydroxylamine groups is 2. The van der Waals surface area contributed by atoms with E-state index in [1.165, 1.54) is 0 Å². The molecule has 2 aliphatic rings. The first-order chi connectivity index (χ1) is 8.75. The molecule has 0 saturated carbocycles. The Kier molecular flexibility index (Phi) is 2.46. The lowest BCUT2D eigenvalue weighted by Crippen LogP contribution is -2.33. The second-order valence-corrected chi connectivity index (χ2v) is 4.18. The van der Waals surface area contributed by atoms with Crippen molar-refractivity contribution in [1.82, 2.24) is 5.06 Å². The van der Waals surface area contributed by atoms with Crippen molar-refractivity contribution in [1.29, 1.82) is 5.41 Å². The summed E-state index contributed by atoms with van der Waals surface area (Å²) in [6.45, 7) is 0. The molecule has 0 unspecified atom stereocenters. The molecule has 0 atom stereocenters. The third-order valence-electron chi connectivity index (χ3n) is 3.00. The fourth-order valence-electron chi connectivity index (χ4n) is 2.08. The average molecular weight is 236 g/mol. The van der Waals surface area contributed by atoms with Crippen molar-refractivity contribution in [2.75, 3.05) is 0 Å². The first kappa shape index (κ1) is 10.7. The molecular formula is C15H12N2O. The van der Waals surface area contributed by atoms with Gasteiger partial charge in [0.25, 0.3) is 0 Å². The minimum Gasteiger partial charge on any atom is -0.300 e. The van der Waals surface area contributed by atoms with E-state index in [1.807, 2.05) is 48.6 Å². The Hall–Kier alpha value is -2.39. The van der Waals surface area contributed by atoms with E-state index in [0.29, 0.717) is 17.0 Å². The summed E-state index contributed by atoms with van der Waals surface area (Å²) in [5.41, 5.74) is 1.74. The molecule has 3 nitrogen and oxygen atoms in total. The molecule has 1 aliphatic heterocycles. The molecule has 0 saturated heterocycles. The summed E-state index contributed by atoms with van der Waals surface area (Å²) in [5.74, 6) is 0. The maximum Gasteiger partial charge on any atom is 0.0786 e. The molecule has 0 fully saturated rings. The fraction of sp³-hybridized carbons (Fsp3) is 0. The fourth-order valence-corrected chi connectivity index (χ4v) is 2.08. The van der Waals surface area contributed by atoms with Gasteiger partial charge in [-0.3, -0.25) is 5.21 Å². The lowest BCUT2D eigenvalue weighted by molar-refractivity contribution is 0.0220. The average Bonchev–Trinajstić information content (AvgIpc) is 2.39. The van der Waals surface area contributed by atoms with Gasteiger partial charge in [0, 0.05) is 17.0 Å².